The predicted octanol–water partition coefficient (Wildman–Crippen LogP) is 1.81. The predicted molar refractivity (Wildman–Crippen MR) is 78.2 cm³/mol. The van der Waals surface area contributed by atoms with Gasteiger partial charge in [-0.15, -0.1) is 0 Å². The van der Waals surface area contributed by atoms with E-state index in [0.29, 0.717) is 6.04 Å². The van der Waals surface area contributed by atoms with E-state index in [1.807, 2.05) is 7.05 Å². The molecule has 1 aliphatic heterocycles. The van der Waals surface area contributed by atoms with Gasteiger partial charge in [-0.25, -0.2) is 9.97 Å². The normalized spacial score (nSPS) is 17.3. The molecule has 0 atom stereocenters. The summed E-state index contributed by atoms with van der Waals surface area (Å²) in [6.45, 7) is 2.09. The molecule has 1 aromatic heterocycles. The highest BCUT2D eigenvalue weighted by molar-refractivity contribution is 9.10. The van der Waals surface area contributed by atoms with E-state index in [1.54, 1.807) is 6.33 Å². The largest absolute Gasteiger partial charge is 0.372 e. The van der Waals surface area contributed by atoms with Gasteiger partial charge in [0.15, 0.2) is 0 Å². The summed E-state index contributed by atoms with van der Waals surface area (Å²) in [6.07, 6.45) is 3.97. The molecule has 6 heteroatoms. The van der Waals surface area contributed by atoms with Crippen molar-refractivity contribution in [2.75, 3.05) is 44.4 Å². The second kappa shape index (κ2) is 5.84. The van der Waals surface area contributed by atoms with Crippen molar-refractivity contribution in [1.29, 1.82) is 0 Å². The first-order valence-corrected chi connectivity index (χ1v) is 7.02. The molecule has 1 N–H and O–H groups in total. The van der Waals surface area contributed by atoms with Crippen molar-refractivity contribution in [2.24, 2.45) is 0 Å². The Kier molecular flexibility index (Phi) is 4.40. The minimum Gasteiger partial charge on any atom is -0.372 e. The van der Waals surface area contributed by atoms with E-state index in [1.165, 1.54) is 12.8 Å². The summed E-state index contributed by atoms with van der Waals surface area (Å²) in [4.78, 5) is 13.2. The monoisotopic (exact) mass is 313 g/mol. The highest BCUT2D eigenvalue weighted by Gasteiger charge is 2.23. The fourth-order valence-corrected chi connectivity index (χ4v) is 3.00. The van der Waals surface area contributed by atoms with E-state index in [0.717, 1.165) is 29.2 Å². The van der Waals surface area contributed by atoms with Crippen LogP contribution < -0.4 is 10.2 Å². The third-order valence-corrected chi connectivity index (χ3v) is 4.23. The van der Waals surface area contributed by atoms with Crippen molar-refractivity contribution in [3.05, 3.63) is 10.8 Å². The van der Waals surface area contributed by atoms with Crippen LogP contribution in [0.15, 0.2) is 10.8 Å². The SMILES string of the molecule is CNc1ncnc(N2CCC(N(C)C)CC2)c1Br. The molecule has 0 amide bonds. The zero-order chi connectivity index (χ0) is 13.1. The third kappa shape index (κ3) is 2.75. The molecule has 0 saturated carbocycles. The first-order chi connectivity index (χ1) is 8.63. The Balaban J connectivity index is 2.10. The van der Waals surface area contributed by atoms with E-state index in [9.17, 15) is 0 Å². The van der Waals surface area contributed by atoms with Crippen LogP contribution in [0, 0.1) is 0 Å². The molecular formula is C12H20BrN5. The average molecular weight is 314 g/mol. The standard InChI is InChI=1S/C12H20BrN5/c1-14-11-10(13)12(16-8-15-11)18-6-4-9(5-7-18)17(2)3/h8-9H,4-7H2,1-3H3,(H,14,15,16). The molecule has 0 spiro atoms. The summed E-state index contributed by atoms with van der Waals surface area (Å²) in [5, 5.41) is 3.07. The highest BCUT2D eigenvalue weighted by Crippen LogP contribution is 2.31. The number of rotatable bonds is 3. The molecule has 2 rings (SSSR count). The molecule has 0 aromatic carbocycles. The Bertz CT molecular complexity index is 401. The van der Waals surface area contributed by atoms with Crippen molar-refractivity contribution >= 4 is 27.6 Å². The van der Waals surface area contributed by atoms with Crippen LogP contribution in [0.25, 0.3) is 0 Å². The first-order valence-electron chi connectivity index (χ1n) is 6.23. The molecule has 0 aliphatic carbocycles. The maximum absolute atomic E-state index is 4.39. The van der Waals surface area contributed by atoms with Gasteiger partial charge in [0.05, 0.1) is 0 Å². The number of hydrogen-bond donors (Lipinski definition) is 1. The Hall–Kier alpha value is -0.880. The van der Waals surface area contributed by atoms with Crippen molar-refractivity contribution in [1.82, 2.24) is 14.9 Å². The quantitative estimate of drug-likeness (QED) is 0.922. The summed E-state index contributed by atoms with van der Waals surface area (Å²) >= 11 is 3.58. The first kappa shape index (κ1) is 13.5. The van der Waals surface area contributed by atoms with Gasteiger partial charge in [0.1, 0.15) is 22.4 Å². The van der Waals surface area contributed by atoms with Crippen LogP contribution in [0.4, 0.5) is 11.6 Å². The number of nitrogens with one attached hydrogen (secondary N) is 1. The summed E-state index contributed by atoms with van der Waals surface area (Å²) in [5.74, 6) is 1.83. The minimum absolute atomic E-state index is 0.686. The Morgan fingerprint density at radius 1 is 1.33 bits per heavy atom. The highest BCUT2D eigenvalue weighted by atomic mass is 79.9. The number of halogens is 1. The molecule has 1 aromatic rings. The second-order valence-corrected chi connectivity index (χ2v) is 5.58. The van der Waals surface area contributed by atoms with E-state index in [2.05, 4.69) is 55.1 Å². The van der Waals surface area contributed by atoms with Crippen molar-refractivity contribution < 1.29 is 0 Å². The van der Waals surface area contributed by atoms with Crippen molar-refractivity contribution in [3.8, 4) is 0 Å². The molecule has 100 valence electrons. The molecule has 0 unspecified atom stereocenters. The second-order valence-electron chi connectivity index (χ2n) is 4.79. The molecule has 1 aliphatic rings. The van der Waals surface area contributed by atoms with Crippen LogP contribution in [0.3, 0.4) is 0 Å². The van der Waals surface area contributed by atoms with Crippen LogP contribution in [0.1, 0.15) is 12.8 Å². The summed E-state index contributed by atoms with van der Waals surface area (Å²) in [5.41, 5.74) is 0. The van der Waals surface area contributed by atoms with E-state index in [4.69, 9.17) is 0 Å². The number of nitrogens with zero attached hydrogens (tertiary/aromatic N) is 4. The van der Waals surface area contributed by atoms with Gasteiger partial charge in [0.25, 0.3) is 0 Å². The zero-order valence-corrected chi connectivity index (χ0v) is 12.7. The van der Waals surface area contributed by atoms with Gasteiger partial charge in [-0.1, -0.05) is 0 Å². The minimum atomic E-state index is 0.686. The maximum Gasteiger partial charge on any atom is 0.148 e. The van der Waals surface area contributed by atoms with Gasteiger partial charge >= 0.3 is 0 Å². The summed E-state index contributed by atoms with van der Waals surface area (Å²) < 4.78 is 0.954. The van der Waals surface area contributed by atoms with E-state index in [-0.39, 0.29) is 0 Å². The van der Waals surface area contributed by atoms with Gasteiger partial charge in [-0.2, -0.15) is 0 Å². The van der Waals surface area contributed by atoms with E-state index < -0.39 is 0 Å². The topological polar surface area (TPSA) is 44.3 Å². The number of anilines is 2. The van der Waals surface area contributed by atoms with Gasteiger partial charge in [0, 0.05) is 26.2 Å². The third-order valence-electron chi connectivity index (χ3n) is 3.50. The van der Waals surface area contributed by atoms with Crippen LogP contribution in [0.5, 0.6) is 0 Å². The lowest BCUT2D eigenvalue weighted by molar-refractivity contribution is 0.249. The van der Waals surface area contributed by atoms with Crippen molar-refractivity contribution in [2.45, 2.75) is 18.9 Å². The molecule has 5 nitrogen and oxygen atoms in total. The van der Waals surface area contributed by atoms with Crippen LogP contribution in [0.2, 0.25) is 0 Å². The fourth-order valence-electron chi connectivity index (χ4n) is 2.35. The summed E-state index contributed by atoms with van der Waals surface area (Å²) in [7, 11) is 6.18. The lowest BCUT2D eigenvalue weighted by Gasteiger charge is -2.36. The van der Waals surface area contributed by atoms with E-state index >= 15 is 0 Å². The zero-order valence-electron chi connectivity index (χ0n) is 11.1. The van der Waals surface area contributed by atoms with Crippen molar-refractivity contribution in [3.63, 3.8) is 0 Å². The Morgan fingerprint density at radius 3 is 2.56 bits per heavy atom. The number of piperidine rings is 1. The maximum atomic E-state index is 4.39. The average Bonchev–Trinajstić information content (AvgIpc) is 2.39. The molecule has 1 fully saturated rings. The van der Waals surface area contributed by atoms with Gasteiger partial charge in [-0.05, 0) is 42.9 Å². The lowest BCUT2D eigenvalue weighted by atomic mass is 10.0. The van der Waals surface area contributed by atoms with Crippen LogP contribution in [-0.2, 0) is 0 Å². The molecule has 0 radical (unpaired) electrons. The fraction of sp³-hybridized carbons (Fsp3) is 0.667. The molecule has 2 heterocycles. The van der Waals surface area contributed by atoms with Gasteiger partial charge < -0.3 is 15.1 Å². The Labute approximate surface area is 117 Å². The molecule has 1 saturated heterocycles. The van der Waals surface area contributed by atoms with Crippen LogP contribution >= 0.6 is 15.9 Å². The molecular weight excluding hydrogens is 294 g/mol. The summed E-state index contributed by atoms with van der Waals surface area (Å²) in [6, 6.07) is 0.686. The number of hydrogen-bond acceptors (Lipinski definition) is 5. The molecule has 0 bridgehead atoms. The number of aromatic nitrogens is 2. The Morgan fingerprint density at radius 2 is 2.00 bits per heavy atom. The van der Waals surface area contributed by atoms with Crippen LogP contribution in [-0.4, -0.2) is 55.1 Å². The molecule has 18 heavy (non-hydrogen) atoms. The lowest BCUT2D eigenvalue weighted by Crippen LogP contribution is -2.42. The smallest absolute Gasteiger partial charge is 0.148 e. The van der Waals surface area contributed by atoms with Gasteiger partial charge in [0.2, 0.25) is 0 Å². The van der Waals surface area contributed by atoms with Gasteiger partial charge in [-0.3, -0.25) is 0 Å².